The van der Waals surface area contributed by atoms with E-state index in [-0.39, 0.29) is 10.6 Å². The van der Waals surface area contributed by atoms with E-state index >= 15 is 0 Å². The Balaban J connectivity index is 1.71. The van der Waals surface area contributed by atoms with Crippen LogP contribution >= 0.6 is 0 Å². The van der Waals surface area contributed by atoms with Gasteiger partial charge in [-0.15, -0.1) is 0 Å². The van der Waals surface area contributed by atoms with Gasteiger partial charge in [-0.3, -0.25) is 0 Å². The van der Waals surface area contributed by atoms with Gasteiger partial charge in [0.15, 0.2) is 9.84 Å². The molecule has 0 amide bonds. The largest absolute Gasteiger partial charge is 0.241 e. The van der Waals surface area contributed by atoms with Gasteiger partial charge in [-0.25, -0.2) is 21.6 Å². The number of sulfonamides is 1. The third-order valence-electron chi connectivity index (χ3n) is 4.50. The fourth-order valence-electron chi connectivity index (χ4n) is 3.27. The molecule has 5 nitrogen and oxygen atoms in total. The number of rotatable bonds is 4. The van der Waals surface area contributed by atoms with Crippen molar-refractivity contribution in [2.24, 2.45) is 0 Å². The Morgan fingerprint density at radius 1 is 1.00 bits per heavy atom. The molecule has 0 bridgehead atoms. The summed E-state index contributed by atoms with van der Waals surface area (Å²) >= 11 is 0. The Kier molecular flexibility index (Phi) is 4.62. The Hall–Kier alpha value is -1.18. The van der Waals surface area contributed by atoms with Crippen LogP contribution in [0.4, 0.5) is 0 Å². The molecule has 1 atom stereocenters. The second-order valence-corrected chi connectivity index (χ2v) is 9.94. The highest BCUT2D eigenvalue weighted by Crippen LogP contribution is 2.32. The maximum Gasteiger partial charge on any atom is 0.241 e. The summed E-state index contributed by atoms with van der Waals surface area (Å²) in [7, 11) is -6.99. The monoisotopic (exact) mass is 355 g/mol. The van der Waals surface area contributed by atoms with Crippen LogP contribution in [0.3, 0.4) is 0 Å². The van der Waals surface area contributed by atoms with Gasteiger partial charge in [-0.1, -0.05) is 37.5 Å². The quantitative estimate of drug-likeness (QED) is 0.899. The van der Waals surface area contributed by atoms with E-state index in [1.54, 1.807) is 12.1 Å². The molecule has 2 aliphatic rings. The lowest BCUT2D eigenvalue weighted by molar-refractivity contribution is 0.443. The number of nitrogens with one attached hydrogen (secondary N) is 1. The topological polar surface area (TPSA) is 80.3 Å². The van der Waals surface area contributed by atoms with Crippen molar-refractivity contribution in [3.05, 3.63) is 41.3 Å². The molecule has 0 radical (unpaired) electrons. The average Bonchev–Trinajstić information content (AvgIpc) is 2.86. The molecular weight excluding hydrogens is 334 g/mol. The van der Waals surface area contributed by atoms with Gasteiger partial charge in [0.1, 0.15) is 0 Å². The maximum atomic E-state index is 12.3. The van der Waals surface area contributed by atoms with Crippen molar-refractivity contribution >= 4 is 19.9 Å². The molecule has 1 N–H and O–H groups in total. The fraction of sp³-hybridized carbons (Fsp3) is 0.500. The van der Waals surface area contributed by atoms with Crippen molar-refractivity contribution in [1.82, 2.24) is 4.72 Å². The molecule has 1 aromatic carbocycles. The highest BCUT2D eigenvalue weighted by molar-refractivity contribution is 7.94. The summed E-state index contributed by atoms with van der Waals surface area (Å²) in [4.78, 5) is 0.176. The molecule has 3 rings (SSSR count). The zero-order valence-electron chi connectivity index (χ0n) is 12.8. The normalized spacial score (nSPS) is 24.8. The summed E-state index contributed by atoms with van der Waals surface area (Å²) in [5, 5.41) is 1.06. The lowest BCUT2D eigenvalue weighted by atomic mass is 9.84. The van der Waals surface area contributed by atoms with Gasteiger partial charge in [0.2, 0.25) is 10.0 Å². The molecule has 23 heavy (non-hydrogen) atoms. The molecular formula is C16H21NO4S2. The molecule has 1 aliphatic carbocycles. The van der Waals surface area contributed by atoms with Gasteiger partial charge in [0.05, 0.1) is 16.7 Å². The lowest BCUT2D eigenvalue weighted by Crippen LogP contribution is -2.35. The second kappa shape index (κ2) is 6.37. The first-order valence-corrected chi connectivity index (χ1v) is 11.1. The first kappa shape index (κ1) is 16.7. The van der Waals surface area contributed by atoms with Gasteiger partial charge in [-0.2, -0.15) is 0 Å². The van der Waals surface area contributed by atoms with E-state index in [1.165, 1.54) is 30.9 Å². The fourth-order valence-corrected chi connectivity index (χ4v) is 5.80. The summed E-state index contributed by atoms with van der Waals surface area (Å²) in [5.41, 5.74) is 1.19. The summed E-state index contributed by atoms with van der Waals surface area (Å²) in [6.07, 6.45) is 7.45. The first-order chi connectivity index (χ1) is 10.9. The SMILES string of the molecule is O=S1(=O)C=C[C@H](NS(=O)(=O)c2ccc(C3CCCCC3)cc2)C1. The standard InChI is InChI=1S/C16H21NO4S2/c18-22(19)11-10-15(12-22)17-23(20,21)16-8-6-14(7-9-16)13-4-2-1-3-5-13/h6-11,13,15,17H,1-5,12H2/t15-/m0/s1. The van der Waals surface area contributed by atoms with Crippen LogP contribution in [-0.4, -0.2) is 28.6 Å². The molecule has 1 heterocycles. The van der Waals surface area contributed by atoms with Crippen LogP contribution in [-0.2, 0) is 19.9 Å². The Labute approximate surface area is 137 Å². The lowest BCUT2D eigenvalue weighted by Gasteiger charge is -2.22. The van der Waals surface area contributed by atoms with Gasteiger partial charge >= 0.3 is 0 Å². The van der Waals surface area contributed by atoms with Crippen LogP contribution in [0, 0.1) is 0 Å². The first-order valence-electron chi connectivity index (χ1n) is 7.89. The molecule has 0 aromatic heterocycles. The van der Waals surface area contributed by atoms with Gasteiger partial charge in [0.25, 0.3) is 0 Å². The Morgan fingerprint density at radius 3 is 2.22 bits per heavy atom. The summed E-state index contributed by atoms with van der Waals surface area (Å²) < 4.78 is 49.8. The van der Waals surface area contributed by atoms with Gasteiger partial charge < -0.3 is 0 Å². The van der Waals surface area contributed by atoms with Crippen molar-refractivity contribution < 1.29 is 16.8 Å². The van der Waals surface area contributed by atoms with Crippen LogP contribution < -0.4 is 4.72 Å². The van der Waals surface area contributed by atoms with Crippen LogP contribution in [0.2, 0.25) is 0 Å². The Bertz CT molecular complexity index is 789. The highest BCUT2D eigenvalue weighted by atomic mass is 32.2. The van der Waals surface area contributed by atoms with Crippen molar-refractivity contribution in [3.63, 3.8) is 0 Å². The molecule has 7 heteroatoms. The van der Waals surface area contributed by atoms with Crippen LogP contribution in [0.15, 0.2) is 40.6 Å². The van der Waals surface area contributed by atoms with Crippen LogP contribution in [0.5, 0.6) is 0 Å². The second-order valence-electron chi connectivity index (χ2n) is 6.29. The van der Waals surface area contributed by atoms with Crippen molar-refractivity contribution in [3.8, 4) is 0 Å². The molecule has 0 saturated heterocycles. The number of hydrogen-bond acceptors (Lipinski definition) is 4. The van der Waals surface area contributed by atoms with Crippen molar-refractivity contribution in [1.29, 1.82) is 0 Å². The minimum atomic E-state index is -3.71. The molecule has 1 aliphatic heterocycles. The number of sulfone groups is 1. The number of benzene rings is 1. The molecule has 0 spiro atoms. The molecule has 1 saturated carbocycles. The minimum Gasteiger partial charge on any atom is -0.224 e. The van der Waals surface area contributed by atoms with Crippen molar-refractivity contribution in [2.45, 2.75) is 49.0 Å². The van der Waals surface area contributed by atoms with Crippen LogP contribution in [0.1, 0.15) is 43.6 Å². The molecule has 0 unspecified atom stereocenters. The van der Waals surface area contributed by atoms with E-state index in [4.69, 9.17) is 0 Å². The average molecular weight is 355 g/mol. The molecule has 1 fully saturated rings. The third kappa shape index (κ3) is 4.02. The van der Waals surface area contributed by atoms with E-state index in [0.717, 1.165) is 18.2 Å². The van der Waals surface area contributed by atoms with Gasteiger partial charge in [-0.05, 0) is 36.5 Å². The zero-order valence-corrected chi connectivity index (χ0v) is 14.4. The van der Waals surface area contributed by atoms with E-state index in [1.807, 2.05) is 12.1 Å². The third-order valence-corrected chi connectivity index (χ3v) is 7.40. The maximum absolute atomic E-state index is 12.3. The Morgan fingerprint density at radius 2 is 1.65 bits per heavy atom. The van der Waals surface area contributed by atoms with E-state index in [0.29, 0.717) is 5.92 Å². The summed E-state index contributed by atoms with van der Waals surface area (Å²) in [6.45, 7) is 0. The number of hydrogen-bond donors (Lipinski definition) is 1. The minimum absolute atomic E-state index is 0.176. The smallest absolute Gasteiger partial charge is 0.224 e. The molecule has 126 valence electrons. The van der Waals surface area contributed by atoms with Crippen LogP contribution in [0.25, 0.3) is 0 Å². The summed E-state index contributed by atoms with van der Waals surface area (Å²) in [6, 6.07) is 6.29. The summed E-state index contributed by atoms with van der Waals surface area (Å²) in [5.74, 6) is 0.309. The predicted octanol–water partition coefficient (Wildman–Crippen LogP) is 2.32. The van der Waals surface area contributed by atoms with Gasteiger partial charge in [0, 0.05) is 5.41 Å². The highest BCUT2D eigenvalue weighted by Gasteiger charge is 2.27. The van der Waals surface area contributed by atoms with Crippen molar-refractivity contribution in [2.75, 3.05) is 5.75 Å². The molecule has 1 aromatic rings. The zero-order chi connectivity index (χ0) is 16.5. The predicted molar refractivity (Wildman–Crippen MR) is 89.3 cm³/mol. The van der Waals surface area contributed by atoms with E-state index < -0.39 is 25.9 Å². The van der Waals surface area contributed by atoms with E-state index in [9.17, 15) is 16.8 Å². The van der Waals surface area contributed by atoms with E-state index in [2.05, 4.69) is 4.72 Å².